The summed E-state index contributed by atoms with van der Waals surface area (Å²) in [5.74, 6) is 2.10. The molecule has 168 valence electrons. The van der Waals surface area contributed by atoms with E-state index in [9.17, 15) is 0 Å². The Hall–Kier alpha value is -2.48. The summed E-state index contributed by atoms with van der Waals surface area (Å²) in [5.41, 5.74) is 3.52. The van der Waals surface area contributed by atoms with Gasteiger partial charge in [0.2, 0.25) is 0 Å². The molecule has 0 amide bonds. The summed E-state index contributed by atoms with van der Waals surface area (Å²) in [7, 11) is 0. The van der Waals surface area contributed by atoms with Crippen LogP contribution in [0.25, 0.3) is 5.65 Å². The summed E-state index contributed by atoms with van der Waals surface area (Å²) >= 11 is 0. The van der Waals surface area contributed by atoms with E-state index < -0.39 is 0 Å². The van der Waals surface area contributed by atoms with Gasteiger partial charge in [-0.1, -0.05) is 12.1 Å². The van der Waals surface area contributed by atoms with Crippen molar-refractivity contribution in [3.05, 3.63) is 60.2 Å². The van der Waals surface area contributed by atoms with Crippen molar-refractivity contribution in [3.8, 4) is 0 Å². The lowest BCUT2D eigenvalue weighted by atomic mass is 10.1. The van der Waals surface area contributed by atoms with E-state index in [0.717, 1.165) is 64.0 Å². The molecule has 0 N–H and O–H groups in total. The largest absolute Gasteiger partial charge is 0.378 e. The Labute approximate surface area is 189 Å². The number of fused-ring (bicyclic) bond motifs is 1. The minimum atomic E-state index is 0.332. The van der Waals surface area contributed by atoms with Crippen LogP contribution in [0.2, 0.25) is 0 Å². The Bertz CT molecular complexity index is 1040. The fourth-order valence-corrected chi connectivity index (χ4v) is 5.13. The van der Waals surface area contributed by atoms with E-state index in [2.05, 4.69) is 54.5 Å². The van der Waals surface area contributed by atoms with E-state index in [0.29, 0.717) is 6.04 Å². The van der Waals surface area contributed by atoms with Gasteiger partial charge in [-0.3, -0.25) is 19.2 Å². The fourth-order valence-electron chi connectivity index (χ4n) is 5.13. The zero-order valence-electron chi connectivity index (χ0n) is 18.6. The molecule has 1 atom stereocenters. The third-order valence-electron chi connectivity index (χ3n) is 7.06. The zero-order chi connectivity index (χ0) is 21.3. The van der Waals surface area contributed by atoms with Gasteiger partial charge in [-0.05, 0) is 42.5 Å². The molecule has 0 aromatic carbocycles. The molecule has 1 aliphatic carbocycles. The molecule has 6 rings (SSSR count). The second-order valence-electron chi connectivity index (χ2n) is 9.43. The van der Waals surface area contributed by atoms with Crippen molar-refractivity contribution < 1.29 is 4.74 Å². The predicted molar refractivity (Wildman–Crippen MR) is 125 cm³/mol. The average molecular weight is 433 g/mol. The van der Waals surface area contributed by atoms with Crippen LogP contribution in [0.3, 0.4) is 0 Å². The quantitative estimate of drug-likeness (QED) is 0.597. The molecule has 2 aliphatic heterocycles. The van der Waals surface area contributed by atoms with E-state index in [1.54, 1.807) is 0 Å². The molecule has 2 saturated heterocycles. The monoisotopic (exact) mass is 432 g/mol. The Morgan fingerprint density at radius 3 is 2.72 bits per heavy atom. The molecule has 3 aromatic rings. The maximum atomic E-state index is 5.57. The topological polar surface area (TPSA) is 49.1 Å². The van der Waals surface area contributed by atoms with Gasteiger partial charge in [0.05, 0.1) is 24.9 Å². The number of aromatic nitrogens is 3. The van der Waals surface area contributed by atoms with Gasteiger partial charge in [0.25, 0.3) is 0 Å². The Balaban J connectivity index is 1.29. The van der Waals surface area contributed by atoms with Crippen molar-refractivity contribution in [1.82, 2.24) is 24.2 Å². The smallest absolute Gasteiger partial charge is 0.138 e. The highest BCUT2D eigenvalue weighted by Gasteiger charge is 2.34. The minimum absolute atomic E-state index is 0.332. The van der Waals surface area contributed by atoms with E-state index in [1.165, 1.54) is 36.5 Å². The normalized spacial score (nSPS) is 23.1. The standard InChI is InChI=1S/C25H32N6O/c1-4-24-27-22(18-31(24)25(5-1)29-11-13-32-14-12-29)23-19-28(16-21-3-2-8-26-15-21)9-10-30(23)17-20-6-7-20/h1-5,8,15,18,20,23H,6-7,9-14,16-17,19H2/t23-/m0/s1. The molecule has 5 heterocycles. The summed E-state index contributed by atoms with van der Waals surface area (Å²) in [5, 5.41) is 0. The molecule has 7 heteroatoms. The van der Waals surface area contributed by atoms with Gasteiger partial charge >= 0.3 is 0 Å². The van der Waals surface area contributed by atoms with Crippen LogP contribution in [0, 0.1) is 5.92 Å². The lowest BCUT2D eigenvalue weighted by Crippen LogP contribution is -2.48. The molecular weight excluding hydrogens is 400 g/mol. The molecule has 32 heavy (non-hydrogen) atoms. The summed E-state index contributed by atoms with van der Waals surface area (Å²) in [6.45, 7) is 8.82. The maximum absolute atomic E-state index is 5.57. The Kier molecular flexibility index (Phi) is 5.55. The predicted octanol–water partition coefficient (Wildman–Crippen LogP) is 2.83. The lowest BCUT2D eigenvalue weighted by Gasteiger charge is -2.41. The van der Waals surface area contributed by atoms with E-state index in [-0.39, 0.29) is 0 Å². The van der Waals surface area contributed by atoms with Gasteiger partial charge in [0.15, 0.2) is 0 Å². The van der Waals surface area contributed by atoms with Crippen LogP contribution in [0.1, 0.15) is 30.1 Å². The van der Waals surface area contributed by atoms with Gasteiger partial charge in [-0.25, -0.2) is 4.98 Å². The van der Waals surface area contributed by atoms with Crippen LogP contribution < -0.4 is 4.90 Å². The third-order valence-corrected chi connectivity index (χ3v) is 7.06. The number of hydrogen-bond donors (Lipinski definition) is 0. The molecule has 0 unspecified atom stereocenters. The second-order valence-corrected chi connectivity index (χ2v) is 9.43. The van der Waals surface area contributed by atoms with Crippen molar-refractivity contribution in [2.24, 2.45) is 5.92 Å². The molecule has 0 radical (unpaired) electrons. The Morgan fingerprint density at radius 1 is 1.00 bits per heavy atom. The van der Waals surface area contributed by atoms with Gasteiger partial charge in [-0.15, -0.1) is 0 Å². The van der Waals surface area contributed by atoms with E-state index in [1.807, 2.05) is 18.5 Å². The van der Waals surface area contributed by atoms with Crippen LogP contribution >= 0.6 is 0 Å². The summed E-state index contributed by atoms with van der Waals surface area (Å²) in [6.07, 6.45) is 8.90. The van der Waals surface area contributed by atoms with E-state index in [4.69, 9.17) is 9.72 Å². The number of pyridine rings is 2. The van der Waals surface area contributed by atoms with Crippen molar-refractivity contribution in [1.29, 1.82) is 0 Å². The second kappa shape index (κ2) is 8.81. The van der Waals surface area contributed by atoms with Crippen LogP contribution in [-0.2, 0) is 11.3 Å². The zero-order valence-corrected chi connectivity index (χ0v) is 18.6. The number of anilines is 1. The van der Waals surface area contributed by atoms with Crippen molar-refractivity contribution in [3.63, 3.8) is 0 Å². The molecule has 3 aliphatic rings. The average Bonchev–Trinajstić information content (AvgIpc) is 3.55. The number of imidazole rings is 1. The number of hydrogen-bond acceptors (Lipinski definition) is 6. The van der Waals surface area contributed by atoms with E-state index >= 15 is 0 Å². The summed E-state index contributed by atoms with van der Waals surface area (Å²) in [4.78, 5) is 17.1. The first-order valence-electron chi connectivity index (χ1n) is 12.0. The van der Waals surface area contributed by atoms with Gasteiger partial charge in [0, 0.05) is 64.4 Å². The highest BCUT2D eigenvalue weighted by Crippen LogP contribution is 2.35. The summed E-state index contributed by atoms with van der Waals surface area (Å²) in [6, 6.07) is 11.0. The van der Waals surface area contributed by atoms with Crippen LogP contribution in [0.5, 0.6) is 0 Å². The number of rotatable bonds is 6. The first-order chi connectivity index (χ1) is 15.8. The molecule has 3 aromatic heterocycles. The molecule has 0 bridgehead atoms. The van der Waals surface area contributed by atoms with Crippen molar-refractivity contribution >= 4 is 11.5 Å². The highest BCUT2D eigenvalue weighted by molar-refractivity contribution is 5.53. The first-order valence-corrected chi connectivity index (χ1v) is 12.0. The van der Waals surface area contributed by atoms with Gasteiger partial charge in [-0.2, -0.15) is 0 Å². The molecule has 3 fully saturated rings. The van der Waals surface area contributed by atoms with Crippen molar-refractivity contribution in [2.45, 2.75) is 25.4 Å². The minimum Gasteiger partial charge on any atom is -0.378 e. The molecule has 7 nitrogen and oxygen atoms in total. The molecule has 1 saturated carbocycles. The first kappa shape index (κ1) is 20.1. The highest BCUT2D eigenvalue weighted by atomic mass is 16.5. The van der Waals surface area contributed by atoms with Crippen LogP contribution in [0.4, 0.5) is 5.82 Å². The molecular formula is C25H32N6O. The summed E-state index contributed by atoms with van der Waals surface area (Å²) < 4.78 is 7.86. The molecule has 0 spiro atoms. The number of ether oxygens (including phenoxy) is 1. The van der Waals surface area contributed by atoms with Crippen molar-refractivity contribution in [2.75, 3.05) is 57.4 Å². The number of morpholine rings is 1. The van der Waals surface area contributed by atoms with Gasteiger partial charge < -0.3 is 9.64 Å². The number of piperazine rings is 1. The SMILES string of the molecule is c1cncc(CN2CCN(CC3CC3)[C@H](c3cn4c(N5CCOCC5)cccc4n3)C2)c1. The van der Waals surface area contributed by atoms with Crippen LogP contribution in [-0.4, -0.2) is 76.7 Å². The lowest BCUT2D eigenvalue weighted by molar-refractivity contribution is 0.0639. The Morgan fingerprint density at radius 2 is 1.91 bits per heavy atom. The van der Waals surface area contributed by atoms with Gasteiger partial charge in [0.1, 0.15) is 11.5 Å². The fraction of sp³-hybridized carbons (Fsp3) is 0.520. The maximum Gasteiger partial charge on any atom is 0.138 e. The van der Waals surface area contributed by atoms with Crippen LogP contribution in [0.15, 0.2) is 48.9 Å². The number of nitrogens with zero attached hydrogens (tertiary/aromatic N) is 6. The third kappa shape index (κ3) is 4.25.